The number of methoxy groups -OCH3 is 1. The first kappa shape index (κ1) is 16.8. The van der Waals surface area contributed by atoms with Crippen molar-refractivity contribution in [2.24, 2.45) is 0 Å². The highest BCUT2D eigenvalue weighted by Crippen LogP contribution is 2.21. The fourth-order valence-corrected chi connectivity index (χ4v) is 2.48. The van der Waals surface area contributed by atoms with Crippen LogP contribution in [-0.2, 0) is 6.42 Å². The number of allylic oxidation sites excluding steroid dienone is 1. The lowest BCUT2D eigenvalue weighted by atomic mass is 10.0. The van der Waals surface area contributed by atoms with Gasteiger partial charge in [0.2, 0.25) is 0 Å². The maximum atomic E-state index is 12.4. The van der Waals surface area contributed by atoms with Crippen molar-refractivity contribution in [3.8, 4) is 5.75 Å². The second-order valence-electron chi connectivity index (χ2n) is 5.54. The summed E-state index contributed by atoms with van der Waals surface area (Å²) in [6.07, 6.45) is 2.47. The van der Waals surface area contributed by atoms with Crippen molar-refractivity contribution in [3.05, 3.63) is 77.9 Å². The number of carbonyl (C=O) groups is 1. The third kappa shape index (κ3) is 4.46. The minimum absolute atomic E-state index is 0.0688. The maximum Gasteiger partial charge on any atom is 0.251 e. The van der Waals surface area contributed by atoms with E-state index >= 15 is 0 Å². The van der Waals surface area contributed by atoms with Gasteiger partial charge in [-0.2, -0.15) is 0 Å². The molecule has 0 aliphatic rings. The molecule has 1 amide bonds. The lowest BCUT2D eigenvalue weighted by Gasteiger charge is -2.14. The predicted molar refractivity (Wildman–Crippen MR) is 94.1 cm³/mol. The Morgan fingerprint density at radius 2 is 2.00 bits per heavy atom. The summed E-state index contributed by atoms with van der Waals surface area (Å²) in [4.78, 5) is 12.4. The van der Waals surface area contributed by atoms with Crippen molar-refractivity contribution in [2.75, 3.05) is 13.7 Å². The van der Waals surface area contributed by atoms with E-state index in [1.165, 1.54) is 5.56 Å². The van der Waals surface area contributed by atoms with Gasteiger partial charge in [0.1, 0.15) is 5.75 Å². The van der Waals surface area contributed by atoms with E-state index < -0.39 is 0 Å². The van der Waals surface area contributed by atoms with E-state index in [0.29, 0.717) is 18.5 Å². The van der Waals surface area contributed by atoms with Gasteiger partial charge in [0.15, 0.2) is 0 Å². The summed E-state index contributed by atoms with van der Waals surface area (Å²) in [6.45, 7) is 6.45. The number of amides is 1. The molecule has 0 bridgehead atoms. The van der Waals surface area contributed by atoms with Gasteiger partial charge in [-0.1, -0.05) is 43.3 Å². The highest BCUT2D eigenvalue weighted by Gasteiger charge is 2.11. The molecular formula is C20H23NO2. The van der Waals surface area contributed by atoms with Crippen LogP contribution in [0.1, 0.15) is 34.3 Å². The molecule has 0 saturated heterocycles. The number of hydrogen-bond donors (Lipinski definition) is 1. The van der Waals surface area contributed by atoms with Crippen molar-refractivity contribution in [3.63, 3.8) is 0 Å². The molecule has 0 radical (unpaired) electrons. The van der Waals surface area contributed by atoms with Gasteiger partial charge in [-0.15, -0.1) is 6.58 Å². The first-order valence-corrected chi connectivity index (χ1v) is 7.76. The summed E-state index contributed by atoms with van der Waals surface area (Å²) in [7, 11) is 1.63. The Morgan fingerprint density at radius 1 is 1.26 bits per heavy atom. The molecule has 0 aliphatic carbocycles. The lowest BCUT2D eigenvalue weighted by Crippen LogP contribution is -2.27. The molecule has 3 nitrogen and oxygen atoms in total. The second kappa shape index (κ2) is 8.18. The van der Waals surface area contributed by atoms with Gasteiger partial charge >= 0.3 is 0 Å². The Kier molecular flexibility index (Phi) is 5.98. The van der Waals surface area contributed by atoms with Crippen LogP contribution in [0.15, 0.2) is 61.2 Å². The number of hydrogen-bond acceptors (Lipinski definition) is 2. The van der Waals surface area contributed by atoms with Crippen LogP contribution >= 0.6 is 0 Å². The second-order valence-corrected chi connectivity index (χ2v) is 5.54. The van der Waals surface area contributed by atoms with E-state index in [1.807, 2.05) is 30.3 Å². The van der Waals surface area contributed by atoms with Crippen molar-refractivity contribution >= 4 is 5.91 Å². The topological polar surface area (TPSA) is 38.3 Å². The summed E-state index contributed by atoms with van der Waals surface area (Å²) >= 11 is 0. The van der Waals surface area contributed by atoms with Crippen LogP contribution in [0.4, 0.5) is 0 Å². The highest BCUT2D eigenvalue weighted by atomic mass is 16.5. The van der Waals surface area contributed by atoms with Crippen LogP contribution in [0.25, 0.3) is 0 Å². The maximum absolute atomic E-state index is 12.4. The summed E-state index contributed by atoms with van der Waals surface area (Å²) in [6, 6.07) is 15.6. The van der Waals surface area contributed by atoms with E-state index in [2.05, 4.69) is 31.0 Å². The lowest BCUT2D eigenvalue weighted by molar-refractivity contribution is 0.0951. The molecular weight excluding hydrogens is 286 g/mol. The van der Waals surface area contributed by atoms with Crippen molar-refractivity contribution in [1.82, 2.24) is 5.32 Å². The monoisotopic (exact) mass is 309 g/mol. The summed E-state index contributed by atoms with van der Waals surface area (Å²) < 4.78 is 5.31. The minimum Gasteiger partial charge on any atom is -0.496 e. The van der Waals surface area contributed by atoms with Gasteiger partial charge in [-0.25, -0.2) is 0 Å². The van der Waals surface area contributed by atoms with Gasteiger partial charge in [-0.05, 0) is 41.7 Å². The molecule has 0 saturated carbocycles. The molecule has 120 valence electrons. The zero-order valence-electron chi connectivity index (χ0n) is 13.7. The Hall–Kier alpha value is -2.55. The Balaban J connectivity index is 2.03. The molecule has 0 heterocycles. The zero-order valence-corrected chi connectivity index (χ0v) is 13.7. The van der Waals surface area contributed by atoms with Gasteiger partial charge in [0.05, 0.1) is 7.11 Å². The van der Waals surface area contributed by atoms with E-state index in [-0.39, 0.29) is 11.8 Å². The van der Waals surface area contributed by atoms with Crippen LogP contribution in [0.5, 0.6) is 5.75 Å². The van der Waals surface area contributed by atoms with Crippen molar-refractivity contribution in [1.29, 1.82) is 0 Å². The normalized spacial score (nSPS) is 11.6. The molecule has 1 atom stereocenters. The van der Waals surface area contributed by atoms with Crippen LogP contribution in [-0.4, -0.2) is 19.6 Å². The van der Waals surface area contributed by atoms with E-state index in [1.54, 1.807) is 19.3 Å². The van der Waals surface area contributed by atoms with Crippen LogP contribution in [0.3, 0.4) is 0 Å². The fraction of sp³-hybridized carbons (Fsp3) is 0.250. The van der Waals surface area contributed by atoms with Gasteiger partial charge in [0, 0.05) is 12.1 Å². The molecule has 0 spiro atoms. The average molecular weight is 309 g/mol. The fourth-order valence-electron chi connectivity index (χ4n) is 2.48. The highest BCUT2D eigenvalue weighted by molar-refractivity contribution is 5.94. The number of benzene rings is 2. The molecule has 2 aromatic carbocycles. The zero-order chi connectivity index (χ0) is 16.7. The van der Waals surface area contributed by atoms with Crippen LogP contribution < -0.4 is 10.1 Å². The smallest absolute Gasteiger partial charge is 0.251 e. The van der Waals surface area contributed by atoms with Crippen LogP contribution in [0, 0.1) is 0 Å². The van der Waals surface area contributed by atoms with Crippen LogP contribution in [0.2, 0.25) is 0 Å². The third-order valence-corrected chi connectivity index (χ3v) is 3.84. The van der Waals surface area contributed by atoms with Gasteiger partial charge in [0.25, 0.3) is 5.91 Å². The Morgan fingerprint density at radius 3 is 2.65 bits per heavy atom. The molecule has 0 fully saturated rings. The summed E-state index contributed by atoms with van der Waals surface area (Å²) in [5.74, 6) is 0.978. The van der Waals surface area contributed by atoms with Crippen molar-refractivity contribution in [2.45, 2.75) is 19.3 Å². The quantitative estimate of drug-likeness (QED) is 0.786. The standard InChI is InChI=1S/C20H23NO2/c1-4-8-17-13-18(11-12-19(17)23-3)20(22)21-14-15(2)16-9-6-5-7-10-16/h4-7,9-13,15H,1,8,14H2,2-3H3,(H,21,22)/t15-/m0/s1. The van der Waals surface area contributed by atoms with Gasteiger partial charge in [-0.3, -0.25) is 4.79 Å². The van der Waals surface area contributed by atoms with Crippen molar-refractivity contribution < 1.29 is 9.53 Å². The first-order chi connectivity index (χ1) is 11.2. The number of rotatable bonds is 7. The molecule has 0 aliphatic heterocycles. The molecule has 0 aromatic heterocycles. The summed E-state index contributed by atoms with van der Waals surface area (Å²) in [5.41, 5.74) is 2.82. The summed E-state index contributed by atoms with van der Waals surface area (Å²) in [5, 5.41) is 3.00. The van der Waals surface area contributed by atoms with E-state index in [4.69, 9.17) is 4.74 Å². The van der Waals surface area contributed by atoms with Gasteiger partial charge < -0.3 is 10.1 Å². The first-order valence-electron chi connectivity index (χ1n) is 7.76. The largest absolute Gasteiger partial charge is 0.496 e. The Bertz CT molecular complexity index is 665. The van der Waals surface area contributed by atoms with E-state index in [0.717, 1.165) is 11.3 Å². The molecule has 23 heavy (non-hydrogen) atoms. The number of ether oxygens (including phenoxy) is 1. The molecule has 3 heteroatoms. The minimum atomic E-state index is -0.0688. The average Bonchev–Trinajstić information content (AvgIpc) is 2.60. The number of carbonyl (C=O) groups excluding carboxylic acids is 1. The molecule has 2 rings (SSSR count). The van der Waals surface area contributed by atoms with E-state index in [9.17, 15) is 4.79 Å². The Labute approximate surface area is 138 Å². The molecule has 2 aromatic rings. The predicted octanol–water partition coefficient (Wildman–Crippen LogP) is 3.96. The molecule has 0 unspecified atom stereocenters. The number of nitrogens with one attached hydrogen (secondary N) is 1. The SMILES string of the molecule is C=CCc1cc(C(=O)NC[C@H](C)c2ccccc2)ccc1OC. The third-order valence-electron chi connectivity index (χ3n) is 3.84. The molecule has 1 N–H and O–H groups in total.